The lowest BCUT2D eigenvalue weighted by molar-refractivity contribution is -0.115. The van der Waals surface area contributed by atoms with E-state index < -0.39 is 0 Å². The summed E-state index contributed by atoms with van der Waals surface area (Å²) in [5, 5.41) is 3.89. The van der Waals surface area contributed by atoms with Gasteiger partial charge in [0.2, 0.25) is 0 Å². The van der Waals surface area contributed by atoms with Gasteiger partial charge in [-0.2, -0.15) is 0 Å². The molecule has 1 aliphatic rings. The Morgan fingerprint density at radius 2 is 1.96 bits per heavy atom. The van der Waals surface area contributed by atoms with Gasteiger partial charge in [-0.25, -0.2) is 4.99 Å². The van der Waals surface area contributed by atoms with Crippen molar-refractivity contribution in [3.63, 3.8) is 0 Å². The highest BCUT2D eigenvalue weighted by molar-refractivity contribution is 8.18. The van der Waals surface area contributed by atoms with E-state index in [1.165, 1.54) is 11.8 Å². The number of rotatable bonds is 4. The smallest absolute Gasteiger partial charge is 0.264 e. The first-order valence-corrected chi connectivity index (χ1v) is 9.04. The van der Waals surface area contributed by atoms with E-state index in [4.69, 9.17) is 32.7 Å². The molecule has 0 radical (unpaired) electrons. The SMILES string of the molecule is COc1ccc(/C=C2/SC(=Nc3cccc(Cl)c3Cl)NC2=O)c(OC)c1. The summed E-state index contributed by atoms with van der Waals surface area (Å²) in [6.07, 6.45) is 1.74. The van der Waals surface area contributed by atoms with Crippen molar-refractivity contribution in [3.8, 4) is 11.5 Å². The van der Waals surface area contributed by atoms with Gasteiger partial charge in [-0.05, 0) is 42.1 Å². The van der Waals surface area contributed by atoms with Crippen molar-refractivity contribution in [1.82, 2.24) is 5.32 Å². The van der Waals surface area contributed by atoms with E-state index in [1.54, 1.807) is 50.6 Å². The quantitative estimate of drug-likeness (QED) is 0.730. The molecular formula is C18H14Cl2N2O3S. The van der Waals surface area contributed by atoms with Gasteiger partial charge in [0.05, 0.1) is 34.9 Å². The van der Waals surface area contributed by atoms with Gasteiger partial charge in [-0.3, -0.25) is 4.79 Å². The van der Waals surface area contributed by atoms with Gasteiger partial charge >= 0.3 is 0 Å². The van der Waals surface area contributed by atoms with Crippen LogP contribution >= 0.6 is 35.0 Å². The molecule has 1 amide bonds. The molecule has 0 saturated carbocycles. The zero-order valence-electron chi connectivity index (χ0n) is 13.9. The number of nitrogens with one attached hydrogen (secondary N) is 1. The fraction of sp³-hybridized carbons (Fsp3) is 0.111. The highest BCUT2D eigenvalue weighted by Gasteiger charge is 2.24. The van der Waals surface area contributed by atoms with E-state index >= 15 is 0 Å². The highest BCUT2D eigenvalue weighted by Crippen LogP contribution is 2.35. The van der Waals surface area contributed by atoms with Crippen LogP contribution in [0.5, 0.6) is 11.5 Å². The van der Waals surface area contributed by atoms with Crippen molar-refractivity contribution in [2.45, 2.75) is 0 Å². The van der Waals surface area contributed by atoms with E-state index in [1.807, 2.05) is 6.07 Å². The predicted molar refractivity (Wildman–Crippen MR) is 107 cm³/mol. The first-order chi connectivity index (χ1) is 12.5. The molecule has 0 aromatic heterocycles. The van der Waals surface area contributed by atoms with Crippen molar-refractivity contribution in [1.29, 1.82) is 0 Å². The summed E-state index contributed by atoms with van der Waals surface area (Å²) in [6.45, 7) is 0. The zero-order chi connectivity index (χ0) is 18.7. The Hall–Kier alpha value is -2.15. The second kappa shape index (κ2) is 8.03. The molecule has 1 saturated heterocycles. The number of nitrogens with zero attached hydrogens (tertiary/aromatic N) is 1. The molecule has 2 aromatic carbocycles. The summed E-state index contributed by atoms with van der Waals surface area (Å²) < 4.78 is 10.5. The molecule has 26 heavy (non-hydrogen) atoms. The van der Waals surface area contributed by atoms with Crippen molar-refractivity contribution >= 4 is 57.8 Å². The maximum atomic E-state index is 12.2. The van der Waals surface area contributed by atoms with Crippen LogP contribution in [0.1, 0.15) is 5.56 Å². The lowest BCUT2D eigenvalue weighted by atomic mass is 10.1. The van der Waals surface area contributed by atoms with Crippen molar-refractivity contribution in [3.05, 3.63) is 56.9 Å². The molecule has 1 N–H and O–H groups in total. The summed E-state index contributed by atoms with van der Waals surface area (Å²) in [4.78, 5) is 17.1. The van der Waals surface area contributed by atoms with Crippen LogP contribution in [0.2, 0.25) is 10.0 Å². The fourth-order valence-corrected chi connectivity index (χ4v) is 3.41. The molecule has 0 unspecified atom stereocenters. The minimum absolute atomic E-state index is 0.246. The third-order valence-corrected chi connectivity index (χ3v) is 5.25. The second-order valence-electron chi connectivity index (χ2n) is 5.16. The van der Waals surface area contributed by atoms with Crippen molar-refractivity contribution < 1.29 is 14.3 Å². The molecule has 8 heteroatoms. The number of carbonyl (C=O) groups excluding carboxylic acids is 1. The first-order valence-electron chi connectivity index (χ1n) is 7.47. The summed E-state index contributed by atoms with van der Waals surface area (Å²) in [6, 6.07) is 10.5. The average molecular weight is 409 g/mol. The van der Waals surface area contributed by atoms with Crippen LogP contribution in [0.25, 0.3) is 6.08 Å². The summed E-state index contributed by atoms with van der Waals surface area (Å²) in [7, 11) is 3.14. The summed E-state index contributed by atoms with van der Waals surface area (Å²) in [5.74, 6) is 1.03. The number of amidine groups is 1. The summed E-state index contributed by atoms with van der Waals surface area (Å²) in [5.41, 5.74) is 1.25. The molecule has 1 fully saturated rings. The normalized spacial score (nSPS) is 16.8. The molecule has 5 nitrogen and oxygen atoms in total. The lowest BCUT2D eigenvalue weighted by Gasteiger charge is -2.07. The number of hydrogen-bond acceptors (Lipinski definition) is 5. The van der Waals surface area contributed by atoms with Gasteiger partial charge < -0.3 is 14.8 Å². The van der Waals surface area contributed by atoms with Crippen LogP contribution in [0.3, 0.4) is 0 Å². The average Bonchev–Trinajstić information content (AvgIpc) is 2.98. The molecule has 0 bridgehead atoms. The minimum Gasteiger partial charge on any atom is -0.497 e. The Labute approximate surface area is 165 Å². The van der Waals surface area contributed by atoms with Crippen molar-refractivity contribution in [2.24, 2.45) is 4.99 Å². The maximum Gasteiger partial charge on any atom is 0.264 e. The molecule has 0 aliphatic carbocycles. The second-order valence-corrected chi connectivity index (χ2v) is 6.98. The van der Waals surface area contributed by atoms with Gasteiger partial charge in [0.15, 0.2) is 5.17 Å². The lowest BCUT2D eigenvalue weighted by Crippen LogP contribution is -2.19. The number of benzene rings is 2. The van der Waals surface area contributed by atoms with Crippen LogP contribution in [-0.2, 0) is 4.79 Å². The van der Waals surface area contributed by atoms with Crippen LogP contribution in [0, 0.1) is 0 Å². The maximum absolute atomic E-state index is 12.2. The van der Waals surface area contributed by atoms with Gasteiger partial charge in [-0.15, -0.1) is 0 Å². The molecule has 3 rings (SSSR count). The third-order valence-electron chi connectivity index (χ3n) is 3.53. The molecule has 1 aliphatic heterocycles. The largest absolute Gasteiger partial charge is 0.497 e. The number of thioether (sulfide) groups is 1. The minimum atomic E-state index is -0.246. The monoisotopic (exact) mass is 408 g/mol. The molecular weight excluding hydrogens is 395 g/mol. The fourth-order valence-electron chi connectivity index (χ4n) is 2.25. The topological polar surface area (TPSA) is 59.9 Å². The number of methoxy groups -OCH3 is 2. The van der Waals surface area contributed by atoms with Gasteiger partial charge in [0, 0.05) is 11.6 Å². The van der Waals surface area contributed by atoms with Crippen LogP contribution < -0.4 is 14.8 Å². The Kier molecular flexibility index (Phi) is 5.76. The number of amides is 1. The Morgan fingerprint density at radius 1 is 1.15 bits per heavy atom. The van der Waals surface area contributed by atoms with Gasteiger partial charge in [0.25, 0.3) is 5.91 Å². The third kappa shape index (κ3) is 3.98. The molecule has 2 aromatic rings. The van der Waals surface area contributed by atoms with E-state index in [0.717, 1.165) is 5.56 Å². The molecule has 0 spiro atoms. The Balaban J connectivity index is 1.89. The summed E-state index contributed by atoms with van der Waals surface area (Å²) >= 11 is 13.3. The number of hydrogen-bond donors (Lipinski definition) is 1. The van der Waals surface area contributed by atoms with Crippen LogP contribution in [0.4, 0.5) is 5.69 Å². The van der Waals surface area contributed by atoms with Crippen molar-refractivity contribution in [2.75, 3.05) is 14.2 Å². The number of aliphatic imine (C=N–C) groups is 1. The van der Waals surface area contributed by atoms with Crippen LogP contribution in [-0.4, -0.2) is 25.3 Å². The number of ether oxygens (including phenoxy) is 2. The standard InChI is InChI=1S/C18H14Cl2N2O3S/c1-24-11-7-6-10(14(9-11)25-2)8-15-17(23)22-18(26-15)21-13-5-3-4-12(19)16(13)20/h3-9H,1-2H3,(H,21,22,23)/b15-8+. The van der Waals surface area contributed by atoms with E-state index in [2.05, 4.69) is 10.3 Å². The Morgan fingerprint density at radius 3 is 2.69 bits per heavy atom. The zero-order valence-corrected chi connectivity index (χ0v) is 16.2. The van der Waals surface area contributed by atoms with E-state index in [0.29, 0.717) is 37.3 Å². The molecule has 0 atom stereocenters. The highest BCUT2D eigenvalue weighted by atomic mass is 35.5. The van der Waals surface area contributed by atoms with Gasteiger partial charge in [0.1, 0.15) is 11.5 Å². The molecule has 1 heterocycles. The first kappa shape index (κ1) is 18.6. The number of carbonyl (C=O) groups is 1. The molecule has 134 valence electrons. The number of halogens is 2. The van der Waals surface area contributed by atoms with E-state index in [-0.39, 0.29) is 5.91 Å². The van der Waals surface area contributed by atoms with Crippen LogP contribution in [0.15, 0.2) is 46.3 Å². The van der Waals surface area contributed by atoms with E-state index in [9.17, 15) is 4.79 Å². The van der Waals surface area contributed by atoms with Gasteiger partial charge in [-0.1, -0.05) is 29.3 Å². The Bertz CT molecular complexity index is 929. The predicted octanol–water partition coefficient (Wildman–Crippen LogP) is 4.90.